The molecule has 0 saturated heterocycles. The maximum atomic E-state index is 10.6. The van der Waals surface area contributed by atoms with E-state index in [0.29, 0.717) is 13.0 Å². The van der Waals surface area contributed by atoms with Crippen LogP contribution < -0.4 is 5.32 Å². The Morgan fingerprint density at radius 2 is 2.25 bits per heavy atom. The van der Waals surface area contributed by atoms with Crippen LogP contribution >= 0.6 is 0 Å². The summed E-state index contributed by atoms with van der Waals surface area (Å²) in [6.07, 6.45) is 2.56. The minimum Gasteiger partial charge on any atom is -0.481 e. The van der Waals surface area contributed by atoms with Gasteiger partial charge < -0.3 is 10.4 Å². The van der Waals surface area contributed by atoms with Gasteiger partial charge in [0.2, 0.25) is 0 Å². The molecule has 2 rings (SSSR count). The van der Waals surface area contributed by atoms with Gasteiger partial charge in [-0.1, -0.05) is 12.1 Å². The third kappa shape index (κ3) is 3.60. The van der Waals surface area contributed by atoms with Gasteiger partial charge in [0, 0.05) is 19.2 Å². The number of anilines is 1. The number of carbonyl (C=O) groups is 1. The highest BCUT2D eigenvalue weighted by Crippen LogP contribution is 2.14. The second-order valence-electron chi connectivity index (χ2n) is 4.85. The first-order valence-electron chi connectivity index (χ1n) is 6.58. The van der Waals surface area contributed by atoms with Crippen LogP contribution in [0.15, 0.2) is 30.5 Å². The molecule has 20 heavy (non-hydrogen) atoms. The van der Waals surface area contributed by atoms with E-state index >= 15 is 0 Å². The van der Waals surface area contributed by atoms with Gasteiger partial charge in [0.15, 0.2) is 0 Å². The molecule has 2 aromatic rings. The Morgan fingerprint density at radius 3 is 2.90 bits per heavy atom. The number of benzene rings is 1. The maximum Gasteiger partial charge on any atom is 0.303 e. The van der Waals surface area contributed by atoms with Gasteiger partial charge in [-0.25, -0.2) is 0 Å². The van der Waals surface area contributed by atoms with E-state index in [4.69, 9.17) is 5.11 Å². The number of nitrogens with zero attached hydrogens (tertiary/aromatic N) is 2. The number of hydrogen-bond donors (Lipinski definition) is 2. The molecule has 0 radical (unpaired) electrons. The minimum absolute atomic E-state index is 0.157. The van der Waals surface area contributed by atoms with Crippen LogP contribution in [0.1, 0.15) is 23.2 Å². The normalized spacial score (nSPS) is 10.5. The molecule has 0 spiro atoms. The fourth-order valence-corrected chi connectivity index (χ4v) is 2.10. The molecule has 106 valence electrons. The largest absolute Gasteiger partial charge is 0.481 e. The smallest absolute Gasteiger partial charge is 0.303 e. The second-order valence-corrected chi connectivity index (χ2v) is 4.85. The third-order valence-corrected chi connectivity index (χ3v) is 3.28. The van der Waals surface area contributed by atoms with Gasteiger partial charge in [-0.2, -0.15) is 5.10 Å². The van der Waals surface area contributed by atoms with Crippen molar-refractivity contribution in [2.75, 3.05) is 5.32 Å². The SMILES string of the molecule is Cc1cnn(C)c1CNc1cccc(CCC(=O)O)c1. The molecule has 0 aliphatic rings. The second kappa shape index (κ2) is 6.23. The molecule has 0 bridgehead atoms. The predicted molar refractivity (Wildman–Crippen MR) is 77.7 cm³/mol. The lowest BCUT2D eigenvalue weighted by atomic mass is 10.1. The van der Waals surface area contributed by atoms with Crippen molar-refractivity contribution < 1.29 is 9.90 Å². The Balaban J connectivity index is 1.99. The van der Waals surface area contributed by atoms with Crippen molar-refractivity contribution in [3.8, 4) is 0 Å². The molecule has 5 heteroatoms. The number of carboxylic acids is 1. The molecule has 5 nitrogen and oxygen atoms in total. The van der Waals surface area contributed by atoms with Crippen LogP contribution in [-0.2, 0) is 24.8 Å². The van der Waals surface area contributed by atoms with Crippen LogP contribution in [0.25, 0.3) is 0 Å². The number of aliphatic carboxylic acids is 1. The summed E-state index contributed by atoms with van der Waals surface area (Å²) in [4.78, 5) is 10.6. The number of aryl methyl sites for hydroxylation is 3. The highest BCUT2D eigenvalue weighted by Gasteiger charge is 2.05. The van der Waals surface area contributed by atoms with Crippen molar-refractivity contribution in [3.05, 3.63) is 47.3 Å². The molecule has 0 atom stereocenters. The van der Waals surface area contributed by atoms with Crippen molar-refractivity contribution in [2.45, 2.75) is 26.3 Å². The number of hydrogen-bond acceptors (Lipinski definition) is 3. The highest BCUT2D eigenvalue weighted by molar-refractivity contribution is 5.67. The first-order valence-corrected chi connectivity index (χ1v) is 6.58. The van der Waals surface area contributed by atoms with Crippen LogP contribution in [0.3, 0.4) is 0 Å². The Labute approximate surface area is 118 Å². The molecular formula is C15H19N3O2. The topological polar surface area (TPSA) is 67.2 Å². The maximum absolute atomic E-state index is 10.6. The summed E-state index contributed by atoms with van der Waals surface area (Å²) in [5.41, 5.74) is 4.32. The monoisotopic (exact) mass is 273 g/mol. The zero-order chi connectivity index (χ0) is 14.5. The zero-order valence-electron chi connectivity index (χ0n) is 11.8. The Kier molecular flexibility index (Phi) is 4.40. The van der Waals surface area contributed by atoms with Gasteiger partial charge in [-0.15, -0.1) is 0 Å². The zero-order valence-corrected chi connectivity index (χ0v) is 11.8. The van der Waals surface area contributed by atoms with Crippen LogP contribution in [-0.4, -0.2) is 20.9 Å². The molecule has 0 saturated carbocycles. The first kappa shape index (κ1) is 14.1. The molecule has 0 amide bonds. The van der Waals surface area contributed by atoms with E-state index in [1.165, 1.54) is 0 Å². The summed E-state index contributed by atoms with van der Waals surface area (Å²) in [6, 6.07) is 7.86. The summed E-state index contributed by atoms with van der Waals surface area (Å²) >= 11 is 0. The van der Waals surface area contributed by atoms with Gasteiger partial charge in [-0.3, -0.25) is 9.48 Å². The van der Waals surface area contributed by atoms with Gasteiger partial charge in [-0.05, 0) is 36.6 Å². The van der Waals surface area contributed by atoms with E-state index in [9.17, 15) is 4.79 Å². The average molecular weight is 273 g/mol. The van der Waals surface area contributed by atoms with Gasteiger partial charge >= 0.3 is 5.97 Å². The summed E-state index contributed by atoms with van der Waals surface area (Å²) in [7, 11) is 1.92. The minimum atomic E-state index is -0.770. The van der Waals surface area contributed by atoms with Gasteiger partial charge in [0.25, 0.3) is 0 Å². The van der Waals surface area contributed by atoms with E-state index in [2.05, 4.69) is 10.4 Å². The quantitative estimate of drug-likeness (QED) is 0.848. The van der Waals surface area contributed by atoms with E-state index in [0.717, 1.165) is 22.5 Å². The number of rotatable bonds is 6. The van der Waals surface area contributed by atoms with Crippen molar-refractivity contribution in [1.29, 1.82) is 0 Å². The molecular weight excluding hydrogens is 254 g/mol. The van der Waals surface area contributed by atoms with Gasteiger partial charge in [0.05, 0.1) is 18.4 Å². The fraction of sp³-hybridized carbons (Fsp3) is 0.333. The van der Waals surface area contributed by atoms with Crippen molar-refractivity contribution in [1.82, 2.24) is 9.78 Å². The van der Waals surface area contributed by atoms with Gasteiger partial charge in [0.1, 0.15) is 0 Å². The number of carboxylic acid groups (broad SMARTS) is 1. The molecule has 2 N–H and O–H groups in total. The van der Waals surface area contributed by atoms with Crippen molar-refractivity contribution in [3.63, 3.8) is 0 Å². The predicted octanol–water partition coefficient (Wildman–Crippen LogP) is 2.36. The average Bonchev–Trinajstić information content (AvgIpc) is 2.74. The molecule has 0 aliphatic carbocycles. The van der Waals surface area contributed by atoms with Crippen LogP contribution in [0, 0.1) is 6.92 Å². The van der Waals surface area contributed by atoms with Crippen LogP contribution in [0.4, 0.5) is 5.69 Å². The number of aromatic nitrogens is 2. The van der Waals surface area contributed by atoms with Crippen molar-refractivity contribution >= 4 is 11.7 Å². The van der Waals surface area contributed by atoms with E-state index in [1.54, 1.807) is 0 Å². The standard InChI is InChI=1S/C15H19N3O2/c1-11-9-17-18(2)14(11)10-16-13-5-3-4-12(8-13)6-7-15(19)20/h3-5,8-9,16H,6-7,10H2,1-2H3,(H,19,20). The van der Waals surface area contributed by atoms with Crippen LogP contribution in [0.5, 0.6) is 0 Å². The third-order valence-electron chi connectivity index (χ3n) is 3.28. The molecule has 0 unspecified atom stereocenters. The summed E-state index contributed by atoms with van der Waals surface area (Å²) < 4.78 is 1.86. The van der Waals surface area contributed by atoms with E-state index in [1.807, 2.05) is 49.1 Å². The lowest BCUT2D eigenvalue weighted by molar-refractivity contribution is -0.136. The summed E-state index contributed by atoms with van der Waals surface area (Å²) in [6.45, 7) is 2.73. The molecule has 1 aromatic carbocycles. The lowest BCUT2D eigenvalue weighted by Gasteiger charge is -2.09. The van der Waals surface area contributed by atoms with Crippen molar-refractivity contribution in [2.24, 2.45) is 7.05 Å². The number of nitrogens with one attached hydrogen (secondary N) is 1. The molecule has 1 heterocycles. The molecule has 1 aromatic heterocycles. The Bertz CT molecular complexity index is 585. The molecule has 0 fully saturated rings. The summed E-state index contributed by atoms with van der Waals surface area (Å²) in [5.74, 6) is -0.770. The molecule has 0 aliphatic heterocycles. The fourth-order valence-electron chi connectivity index (χ4n) is 2.10. The van der Waals surface area contributed by atoms with E-state index < -0.39 is 5.97 Å². The Morgan fingerprint density at radius 1 is 1.45 bits per heavy atom. The van der Waals surface area contributed by atoms with E-state index in [-0.39, 0.29) is 6.42 Å². The lowest BCUT2D eigenvalue weighted by Crippen LogP contribution is -2.07. The first-order chi connectivity index (χ1) is 9.56. The summed E-state index contributed by atoms with van der Waals surface area (Å²) in [5, 5.41) is 16.3. The Hall–Kier alpha value is -2.30. The highest BCUT2D eigenvalue weighted by atomic mass is 16.4. The van der Waals surface area contributed by atoms with Crippen LogP contribution in [0.2, 0.25) is 0 Å².